The summed E-state index contributed by atoms with van der Waals surface area (Å²) in [6.45, 7) is 7.31. The summed E-state index contributed by atoms with van der Waals surface area (Å²) < 4.78 is 5.15. The van der Waals surface area contributed by atoms with Crippen LogP contribution >= 0.6 is 12.2 Å². The molecule has 128 valence electrons. The van der Waals surface area contributed by atoms with E-state index in [1.54, 1.807) is 12.4 Å². The van der Waals surface area contributed by atoms with Crippen molar-refractivity contribution in [2.45, 2.75) is 32.8 Å². The molecular formula is C16H26N4O2S. The van der Waals surface area contributed by atoms with Crippen molar-refractivity contribution < 1.29 is 9.53 Å². The second-order valence-corrected chi connectivity index (χ2v) is 6.57. The molecule has 0 atom stereocenters. The van der Waals surface area contributed by atoms with E-state index in [0.717, 1.165) is 13.0 Å². The molecule has 0 spiro atoms. The third kappa shape index (κ3) is 8.97. The van der Waals surface area contributed by atoms with Crippen molar-refractivity contribution in [1.82, 2.24) is 20.5 Å². The molecule has 1 amide bonds. The molecule has 1 heterocycles. The molecule has 0 bridgehead atoms. The maximum atomic E-state index is 11.5. The molecule has 0 aliphatic rings. The number of rotatable bonds is 6. The van der Waals surface area contributed by atoms with Gasteiger partial charge in [-0.05, 0) is 57.1 Å². The van der Waals surface area contributed by atoms with Crippen LogP contribution in [0.15, 0.2) is 24.5 Å². The van der Waals surface area contributed by atoms with E-state index in [1.165, 1.54) is 5.56 Å². The first-order valence-electron chi connectivity index (χ1n) is 7.62. The zero-order valence-corrected chi connectivity index (χ0v) is 15.1. The van der Waals surface area contributed by atoms with Crippen LogP contribution in [0.25, 0.3) is 0 Å². The number of nitrogens with zero attached hydrogens (tertiary/aromatic N) is 2. The molecule has 1 rings (SSSR count). The Kier molecular flexibility index (Phi) is 7.74. The Morgan fingerprint density at radius 2 is 1.87 bits per heavy atom. The topological polar surface area (TPSA) is 66.5 Å². The number of alkyl carbamates (subject to hydrolysis) is 1. The summed E-state index contributed by atoms with van der Waals surface area (Å²) in [5.41, 5.74) is 0.737. The number of pyridine rings is 1. The van der Waals surface area contributed by atoms with Crippen LogP contribution in [0.2, 0.25) is 0 Å². The number of hydrogen-bond acceptors (Lipinski definition) is 4. The van der Waals surface area contributed by atoms with Gasteiger partial charge in [-0.25, -0.2) is 4.79 Å². The fourth-order valence-electron chi connectivity index (χ4n) is 1.73. The maximum absolute atomic E-state index is 11.5. The molecule has 0 radical (unpaired) electrons. The summed E-state index contributed by atoms with van der Waals surface area (Å²) in [4.78, 5) is 17.5. The van der Waals surface area contributed by atoms with Gasteiger partial charge < -0.3 is 20.3 Å². The summed E-state index contributed by atoms with van der Waals surface area (Å²) in [6.07, 6.45) is 4.05. The molecule has 23 heavy (non-hydrogen) atoms. The number of carbonyl (C=O) groups excluding carboxylic acids is 1. The molecule has 0 aliphatic carbocycles. The van der Waals surface area contributed by atoms with Gasteiger partial charge in [0.1, 0.15) is 5.60 Å². The van der Waals surface area contributed by atoms with Crippen LogP contribution in [-0.2, 0) is 11.2 Å². The van der Waals surface area contributed by atoms with E-state index in [-0.39, 0.29) is 0 Å². The van der Waals surface area contributed by atoms with Crippen molar-refractivity contribution in [1.29, 1.82) is 0 Å². The molecule has 6 nitrogen and oxygen atoms in total. The predicted molar refractivity (Wildman–Crippen MR) is 95.4 cm³/mol. The van der Waals surface area contributed by atoms with Crippen molar-refractivity contribution >= 4 is 23.4 Å². The van der Waals surface area contributed by atoms with Gasteiger partial charge in [-0.15, -0.1) is 0 Å². The molecule has 0 unspecified atom stereocenters. The highest BCUT2D eigenvalue weighted by atomic mass is 32.1. The van der Waals surface area contributed by atoms with Crippen molar-refractivity contribution in [3.05, 3.63) is 30.1 Å². The highest BCUT2D eigenvalue weighted by Crippen LogP contribution is 2.06. The number of thiocarbonyl (C=S) groups is 1. The van der Waals surface area contributed by atoms with Crippen molar-refractivity contribution in [2.75, 3.05) is 26.7 Å². The largest absolute Gasteiger partial charge is 0.444 e. The van der Waals surface area contributed by atoms with Gasteiger partial charge in [0.25, 0.3) is 0 Å². The molecule has 0 saturated heterocycles. The molecule has 1 aromatic heterocycles. The Labute approximate surface area is 143 Å². The standard InChI is InChI=1S/C16H26N4O2S/c1-16(2,3)22-15(21)19-11-10-18-14(23)20(4)12-7-13-5-8-17-9-6-13/h5-6,8-9H,7,10-12H2,1-4H3,(H,18,23)(H,19,21). The lowest BCUT2D eigenvalue weighted by Crippen LogP contribution is -2.42. The normalized spacial score (nSPS) is 10.8. The third-order valence-electron chi connectivity index (χ3n) is 2.90. The number of carbonyl (C=O) groups is 1. The first-order chi connectivity index (χ1) is 10.8. The second kappa shape index (κ2) is 9.29. The van der Waals surface area contributed by atoms with E-state index in [4.69, 9.17) is 17.0 Å². The van der Waals surface area contributed by atoms with Crippen molar-refractivity contribution in [3.8, 4) is 0 Å². The molecule has 2 N–H and O–H groups in total. The zero-order chi connectivity index (χ0) is 17.3. The number of likely N-dealkylation sites (N-methyl/N-ethyl adjacent to an activating group) is 1. The minimum absolute atomic E-state index is 0.420. The average Bonchev–Trinajstić information content (AvgIpc) is 2.48. The molecule has 0 fully saturated rings. The van der Waals surface area contributed by atoms with E-state index in [0.29, 0.717) is 18.2 Å². The first kappa shape index (κ1) is 19.2. The Hall–Kier alpha value is -1.89. The lowest BCUT2D eigenvalue weighted by molar-refractivity contribution is 0.0529. The highest BCUT2D eigenvalue weighted by Gasteiger charge is 2.15. The summed E-state index contributed by atoms with van der Waals surface area (Å²) in [7, 11) is 1.94. The van der Waals surface area contributed by atoms with E-state index in [1.807, 2.05) is 44.9 Å². The minimum atomic E-state index is -0.486. The Morgan fingerprint density at radius 3 is 2.48 bits per heavy atom. The number of ether oxygens (including phenoxy) is 1. The van der Waals surface area contributed by atoms with E-state index in [2.05, 4.69) is 15.6 Å². The van der Waals surface area contributed by atoms with Gasteiger partial charge in [0, 0.05) is 39.1 Å². The quantitative estimate of drug-likeness (QED) is 0.610. The van der Waals surface area contributed by atoms with Crippen LogP contribution in [0, 0.1) is 0 Å². The zero-order valence-electron chi connectivity index (χ0n) is 14.3. The van der Waals surface area contributed by atoms with Gasteiger partial charge in [-0.2, -0.15) is 0 Å². The predicted octanol–water partition coefficient (Wildman–Crippen LogP) is 1.96. The smallest absolute Gasteiger partial charge is 0.407 e. The van der Waals surface area contributed by atoms with Crippen molar-refractivity contribution in [3.63, 3.8) is 0 Å². The monoisotopic (exact) mass is 338 g/mol. The average molecular weight is 338 g/mol. The first-order valence-corrected chi connectivity index (χ1v) is 8.03. The second-order valence-electron chi connectivity index (χ2n) is 6.19. The summed E-state index contributed by atoms with van der Waals surface area (Å²) in [5, 5.41) is 6.45. The Bertz CT molecular complexity index is 503. The van der Waals surface area contributed by atoms with Crippen molar-refractivity contribution in [2.24, 2.45) is 0 Å². The SMILES string of the molecule is CN(CCc1ccncc1)C(=S)NCCNC(=O)OC(C)(C)C. The maximum Gasteiger partial charge on any atom is 0.407 e. The van der Waals surface area contributed by atoms with Crippen LogP contribution in [0.1, 0.15) is 26.3 Å². The number of nitrogens with one attached hydrogen (secondary N) is 2. The van der Waals surface area contributed by atoms with Gasteiger partial charge in [0.15, 0.2) is 5.11 Å². The van der Waals surface area contributed by atoms with E-state index < -0.39 is 11.7 Å². The van der Waals surface area contributed by atoms with Gasteiger partial charge in [0.2, 0.25) is 0 Å². The Balaban J connectivity index is 2.17. The van der Waals surface area contributed by atoms with Gasteiger partial charge in [0.05, 0.1) is 0 Å². The summed E-state index contributed by atoms with van der Waals surface area (Å²) >= 11 is 5.32. The number of hydrogen-bond donors (Lipinski definition) is 2. The van der Waals surface area contributed by atoms with E-state index >= 15 is 0 Å². The van der Waals surface area contributed by atoms with Crippen LogP contribution in [0.3, 0.4) is 0 Å². The van der Waals surface area contributed by atoms with Gasteiger partial charge in [-0.1, -0.05) is 0 Å². The highest BCUT2D eigenvalue weighted by molar-refractivity contribution is 7.80. The molecule has 0 aliphatic heterocycles. The molecule has 0 saturated carbocycles. The van der Waals surface area contributed by atoms with Crippen LogP contribution in [0.5, 0.6) is 0 Å². The van der Waals surface area contributed by atoms with Crippen LogP contribution < -0.4 is 10.6 Å². The Morgan fingerprint density at radius 1 is 1.26 bits per heavy atom. The fraction of sp³-hybridized carbons (Fsp3) is 0.562. The molecule has 0 aromatic carbocycles. The lowest BCUT2D eigenvalue weighted by atomic mass is 10.2. The number of amides is 1. The van der Waals surface area contributed by atoms with Gasteiger partial charge in [-0.3, -0.25) is 4.98 Å². The molecule has 7 heteroatoms. The molecular weight excluding hydrogens is 312 g/mol. The molecule has 1 aromatic rings. The third-order valence-corrected chi connectivity index (χ3v) is 3.36. The summed E-state index contributed by atoms with van der Waals surface area (Å²) in [5.74, 6) is 0. The van der Waals surface area contributed by atoms with E-state index in [9.17, 15) is 4.79 Å². The minimum Gasteiger partial charge on any atom is -0.444 e. The lowest BCUT2D eigenvalue weighted by Gasteiger charge is -2.22. The summed E-state index contributed by atoms with van der Waals surface area (Å²) in [6, 6.07) is 3.99. The van der Waals surface area contributed by atoms with Crippen LogP contribution in [0.4, 0.5) is 4.79 Å². The number of aromatic nitrogens is 1. The fourth-order valence-corrected chi connectivity index (χ4v) is 1.92. The van der Waals surface area contributed by atoms with Gasteiger partial charge >= 0.3 is 6.09 Å². The van der Waals surface area contributed by atoms with Crippen LogP contribution in [-0.4, -0.2) is 53.4 Å².